The molecule has 1 amide bonds. The van der Waals surface area contributed by atoms with Gasteiger partial charge in [0.15, 0.2) is 8.32 Å². The first-order valence-electron chi connectivity index (χ1n) is 13.8. The lowest BCUT2D eigenvalue weighted by Gasteiger charge is -2.44. The summed E-state index contributed by atoms with van der Waals surface area (Å²) in [7, 11) is -5.11. The number of likely N-dealkylation sites (tertiary alicyclic amines) is 1. The van der Waals surface area contributed by atoms with E-state index in [2.05, 4.69) is 45.8 Å². The molecule has 10 heteroatoms. The molecule has 0 spiro atoms. The van der Waals surface area contributed by atoms with Crippen LogP contribution in [0.3, 0.4) is 0 Å². The van der Waals surface area contributed by atoms with Gasteiger partial charge < -0.3 is 28.7 Å². The van der Waals surface area contributed by atoms with Gasteiger partial charge in [0.2, 0.25) is 0 Å². The van der Waals surface area contributed by atoms with Crippen LogP contribution in [0.2, 0.25) is 18.1 Å². The Balaban J connectivity index is 2.61. The third kappa shape index (κ3) is 6.48. The SMILES string of the molecule is C=CCOC(=O)N1C[C@H](O[Si](C)(C)C(C)(C)C)C[C@H]1CC1(P(=O)(CC)CC)C=CNC(C)=C1C(=O)OCC. The molecule has 0 aliphatic carbocycles. The molecule has 0 aromatic heterocycles. The van der Waals surface area contributed by atoms with Crippen molar-refractivity contribution in [2.75, 3.05) is 32.1 Å². The summed E-state index contributed by atoms with van der Waals surface area (Å²) in [6.45, 7) is 22.7. The summed E-state index contributed by atoms with van der Waals surface area (Å²) in [5.74, 6) is -0.475. The number of rotatable bonds is 11. The van der Waals surface area contributed by atoms with E-state index in [4.69, 9.17) is 13.9 Å². The van der Waals surface area contributed by atoms with Gasteiger partial charge in [-0.2, -0.15) is 0 Å². The van der Waals surface area contributed by atoms with E-state index in [-0.39, 0.29) is 30.4 Å². The second kappa shape index (κ2) is 12.6. The van der Waals surface area contributed by atoms with Crippen LogP contribution in [0.1, 0.15) is 61.3 Å². The van der Waals surface area contributed by atoms with Crippen molar-refractivity contribution in [3.63, 3.8) is 0 Å². The van der Waals surface area contributed by atoms with Gasteiger partial charge in [-0.3, -0.25) is 0 Å². The van der Waals surface area contributed by atoms with Crippen molar-refractivity contribution >= 4 is 27.5 Å². The van der Waals surface area contributed by atoms with Crippen LogP contribution >= 0.6 is 7.14 Å². The maximum atomic E-state index is 14.7. The number of dihydropyridines is 1. The van der Waals surface area contributed by atoms with E-state index < -0.39 is 32.7 Å². The number of ether oxygens (including phenoxy) is 2. The Bertz CT molecular complexity index is 994. The van der Waals surface area contributed by atoms with Crippen LogP contribution in [-0.4, -0.2) is 74.7 Å². The minimum Gasteiger partial charge on any atom is -0.463 e. The average molecular weight is 569 g/mol. The van der Waals surface area contributed by atoms with Gasteiger partial charge in [-0.1, -0.05) is 53.3 Å². The maximum Gasteiger partial charge on any atom is 0.410 e. The van der Waals surface area contributed by atoms with Gasteiger partial charge in [0.05, 0.1) is 23.4 Å². The van der Waals surface area contributed by atoms with Crippen molar-refractivity contribution in [3.8, 4) is 0 Å². The highest BCUT2D eigenvalue weighted by Crippen LogP contribution is 2.65. The van der Waals surface area contributed by atoms with Gasteiger partial charge >= 0.3 is 12.1 Å². The summed E-state index contributed by atoms with van der Waals surface area (Å²) in [6, 6.07) is -0.339. The molecular formula is C28H49N2O6PSi. The first kappa shape index (κ1) is 32.4. The first-order chi connectivity index (χ1) is 17.6. The van der Waals surface area contributed by atoms with E-state index in [1.54, 1.807) is 18.0 Å². The summed E-state index contributed by atoms with van der Waals surface area (Å²) >= 11 is 0. The molecule has 0 aromatic rings. The molecule has 3 atom stereocenters. The van der Waals surface area contributed by atoms with Gasteiger partial charge in [0, 0.05) is 18.3 Å². The zero-order chi connectivity index (χ0) is 28.9. The molecule has 0 aromatic carbocycles. The summed E-state index contributed by atoms with van der Waals surface area (Å²) in [5, 5.41) is 2.06. The van der Waals surface area contributed by atoms with E-state index >= 15 is 0 Å². The quantitative estimate of drug-likeness (QED) is 0.136. The number of carbonyl (C=O) groups excluding carboxylic acids is 2. The minimum absolute atomic E-state index is 0.00925. The lowest BCUT2D eigenvalue weighted by atomic mass is 9.86. The number of allylic oxidation sites excluding steroid dienone is 2. The van der Waals surface area contributed by atoms with Crippen LogP contribution in [-0.2, 0) is 23.3 Å². The smallest absolute Gasteiger partial charge is 0.410 e. The average Bonchev–Trinajstić information content (AvgIpc) is 3.22. The predicted molar refractivity (Wildman–Crippen MR) is 156 cm³/mol. The molecule has 0 saturated carbocycles. The van der Waals surface area contributed by atoms with E-state index in [1.165, 1.54) is 6.08 Å². The Hall–Kier alpha value is -1.83. The van der Waals surface area contributed by atoms with Gasteiger partial charge in [0.1, 0.15) is 13.7 Å². The van der Waals surface area contributed by atoms with Crippen molar-refractivity contribution in [1.82, 2.24) is 10.2 Å². The van der Waals surface area contributed by atoms with Crippen LogP contribution in [0.25, 0.3) is 0 Å². The molecule has 2 aliphatic heterocycles. The second-order valence-corrected chi connectivity index (χ2v) is 20.4. The number of carbonyl (C=O) groups is 2. The zero-order valence-electron chi connectivity index (χ0n) is 24.9. The van der Waals surface area contributed by atoms with Crippen LogP contribution in [0.15, 0.2) is 36.2 Å². The molecule has 38 heavy (non-hydrogen) atoms. The number of esters is 1. The fourth-order valence-electron chi connectivity index (χ4n) is 5.32. The Morgan fingerprint density at radius 3 is 2.39 bits per heavy atom. The van der Waals surface area contributed by atoms with E-state index in [9.17, 15) is 14.2 Å². The molecule has 2 heterocycles. The molecule has 1 fully saturated rings. The second-order valence-electron chi connectivity index (χ2n) is 11.8. The molecule has 2 rings (SSSR count). The number of amides is 1. The molecule has 2 aliphatic rings. The summed E-state index contributed by atoms with van der Waals surface area (Å²) in [6.07, 6.45) is 6.27. The van der Waals surface area contributed by atoms with E-state index in [1.807, 2.05) is 26.8 Å². The molecule has 0 bridgehead atoms. The maximum absolute atomic E-state index is 14.7. The van der Waals surface area contributed by atoms with Gasteiger partial charge in [-0.15, -0.1) is 0 Å². The fraction of sp³-hybridized carbons (Fsp3) is 0.714. The zero-order valence-corrected chi connectivity index (χ0v) is 26.8. The Labute approximate surface area is 230 Å². The molecule has 216 valence electrons. The minimum atomic E-state index is -2.99. The van der Waals surface area contributed by atoms with Gasteiger partial charge in [0.25, 0.3) is 0 Å². The first-order valence-corrected chi connectivity index (χ1v) is 18.7. The third-order valence-corrected chi connectivity index (χ3v) is 17.0. The Morgan fingerprint density at radius 2 is 1.87 bits per heavy atom. The number of hydrogen-bond donors (Lipinski definition) is 1. The molecule has 8 nitrogen and oxygen atoms in total. The normalized spacial score (nSPS) is 24.3. The van der Waals surface area contributed by atoms with Crippen molar-refractivity contribution in [2.24, 2.45) is 0 Å². The fourth-order valence-corrected chi connectivity index (χ4v) is 9.81. The van der Waals surface area contributed by atoms with Crippen LogP contribution in [0.4, 0.5) is 4.79 Å². The molecule has 0 radical (unpaired) electrons. The van der Waals surface area contributed by atoms with Gasteiger partial charge in [-0.25, -0.2) is 9.59 Å². The number of hydrogen-bond acceptors (Lipinski definition) is 7. The highest BCUT2D eigenvalue weighted by atomic mass is 31.2. The Morgan fingerprint density at radius 1 is 1.24 bits per heavy atom. The monoisotopic (exact) mass is 568 g/mol. The lowest BCUT2D eigenvalue weighted by molar-refractivity contribution is -0.139. The van der Waals surface area contributed by atoms with E-state index in [0.717, 1.165) is 0 Å². The summed E-state index contributed by atoms with van der Waals surface area (Å²) in [5.41, 5.74) is 1.02. The molecule has 1 saturated heterocycles. The Kier molecular flexibility index (Phi) is 10.7. The van der Waals surface area contributed by atoms with Crippen molar-refractivity contribution in [1.29, 1.82) is 0 Å². The van der Waals surface area contributed by atoms with Crippen molar-refractivity contribution in [3.05, 3.63) is 36.2 Å². The highest BCUT2D eigenvalue weighted by Gasteiger charge is 2.55. The van der Waals surface area contributed by atoms with Crippen LogP contribution in [0, 0.1) is 0 Å². The van der Waals surface area contributed by atoms with Gasteiger partial charge in [-0.05, 0) is 63.3 Å². The highest BCUT2D eigenvalue weighted by molar-refractivity contribution is 7.66. The number of nitrogens with zero attached hydrogens (tertiary/aromatic N) is 1. The van der Waals surface area contributed by atoms with Crippen LogP contribution in [0.5, 0.6) is 0 Å². The van der Waals surface area contributed by atoms with Crippen LogP contribution < -0.4 is 5.32 Å². The topological polar surface area (TPSA) is 94.2 Å². The standard InChI is InChI=1S/C28H49N2O6PSi/c1-11-17-35-26(32)30-20-23(36-38(9,10)27(6,7)8)18-22(30)19-28(37(33,13-3)14-4)15-16-29-21(5)24(28)25(31)34-12-2/h11,15-16,22-23,29H,1,12-14,17-20H2,2-10H3/t22-,23+,28?/m0/s1. The van der Waals surface area contributed by atoms with E-state index in [0.29, 0.717) is 43.0 Å². The molecule has 1 unspecified atom stereocenters. The summed E-state index contributed by atoms with van der Waals surface area (Å²) < 4.78 is 32.4. The molecular weight excluding hydrogens is 519 g/mol. The molecule has 1 N–H and O–H groups in total. The lowest BCUT2D eigenvalue weighted by Crippen LogP contribution is -2.46. The van der Waals surface area contributed by atoms with Crippen molar-refractivity contribution < 1.29 is 28.1 Å². The predicted octanol–water partition coefficient (Wildman–Crippen LogP) is 6.26. The largest absolute Gasteiger partial charge is 0.463 e. The summed E-state index contributed by atoms with van der Waals surface area (Å²) in [4.78, 5) is 28.3. The third-order valence-electron chi connectivity index (χ3n) is 8.44. The van der Waals surface area contributed by atoms with Crippen molar-refractivity contribution in [2.45, 2.75) is 96.7 Å². The number of nitrogens with one attached hydrogen (secondary N) is 1.